The molecular formula is C16H22ClN5O. The maximum absolute atomic E-state index is 12.7. The number of halogens is 1. The largest absolute Gasteiger partial charge is 0.333 e. The summed E-state index contributed by atoms with van der Waals surface area (Å²) in [7, 11) is 0. The molecular weight excluding hydrogens is 314 g/mol. The van der Waals surface area contributed by atoms with Crippen molar-refractivity contribution in [3.63, 3.8) is 0 Å². The third-order valence-corrected chi connectivity index (χ3v) is 4.21. The van der Waals surface area contributed by atoms with Gasteiger partial charge in [0.05, 0.1) is 11.9 Å². The van der Waals surface area contributed by atoms with Crippen LogP contribution in [0.4, 0.5) is 0 Å². The van der Waals surface area contributed by atoms with Gasteiger partial charge in [-0.2, -0.15) is 9.90 Å². The normalized spacial score (nSPS) is 20.9. The van der Waals surface area contributed by atoms with Crippen molar-refractivity contribution in [2.45, 2.75) is 25.8 Å². The zero-order valence-electron chi connectivity index (χ0n) is 13.1. The lowest BCUT2D eigenvalue weighted by Gasteiger charge is -2.37. The lowest BCUT2D eigenvalue weighted by Crippen LogP contribution is -2.49. The van der Waals surface area contributed by atoms with Crippen LogP contribution in [0.5, 0.6) is 0 Å². The van der Waals surface area contributed by atoms with E-state index >= 15 is 0 Å². The van der Waals surface area contributed by atoms with Crippen LogP contribution in [0.3, 0.4) is 0 Å². The molecule has 124 valence electrons. The summed E-state index contributed by atoms with van der Waals surface area (Å²) >= 11 is 0. The summed E-state index contributed by atoms with van der Waals surface area (Å²) in [4.78, 5) is 16.0. The molecule has 1 fully saturated rings. The minimum Gasteiger partial charge on any atom is -0.333 e. The second-order valence-electron chi connectivity index (χ2n) is 5.87. The number of hydrogen-bond donors (Lipinski definition) is 1. The van der Waals surface area contributed by atoms with Gasteiger partial charge in [-0.05, 0) is 30.9 Å². The third-order valence-electron chi connectivity index (χ3n) is 4.21. The first-order valence-electron chi connectivity index (χ1n) is 7.68. The van der Waals surface area contributed by atoms with E-state index in [1.165, 1.54) is 11.0 Å². The van der Waals surface area contributed by atoms with Crippen LogP contribution in [0.1, 0.15) is 30.3 Å². The summed E-state index contributed by atoms with van der Waals surface area (Å²) in [5.41, 5.74) is 7.04. The van der Waals surface area contributed by atoms with Crippen molar-refractivity contribution in [2.24, 2.45) is 11.7 Å². The Kier molecular flexibility index (Phi) is 5.74. The highest BCUT2D eigenvalue weighted by molar-refractivity contribution is 5.92. The first kappa shape index (κ1) is 17.4. The Bertz CT molecular complexity index is 645. The molecule has 1 aliphatic rings. The molecule has 7 heteroatoms. The van der Waals surface area contributed by atoms with Crippen molar-refractivity contribution >= 4 is 18.3 Å². The van der Waals surface area contributed by atoms with Crippen LogP contribution in [0.15, 0.2) is 36.5 Å². The quantitative estimate of drug-likeness (QED) is 0.929. The number of aromatic nitrogens is 3. The maximum Gasteiger partial charge on any atom is 0.276 e. The highest BCUT2D eigenvalue weighted by Crippen LogP contribution is 2.23. The molecule has 2 unspecified atom stereocenters. The molecule has 2 N–H and O–H groups in total. The highest BCUT2D eigenvalue weighted by Gasteiger charge is 2.30. The van der Waals surface area contributed by atoms with Crippen molar-refractivity contribution in [1.82, 2.24) is 19.9 Å². The summed E-state index contributed by atoms with van der Waals surface area (Å²) in [5, 5.41) is 8.51. The van der Waals surface area contributed by atoms with Gasteiger partial charge >= 0.3 is 0 Å². The molecule has 0 radical (unpaired) electrons. The average molecular weight is 336 g/mol. The monoisotopic (exact) mass is 335 g/mol. The Balaban J connectivity index is 0.00000192. The molecule has 0 spiro atoms. The summed E-state index contributed by atoms with van der Waals surface area (Å²) in [6.07, 6.45) is 3.49. The standard InChI is InChI=1S/C16H21N5O.ClH/c1-12-7-8-20(14(9-12)10-17)16(22)15-11-18-21(19-15)13-5-3-2-4-6-13;/h2-6,11-12,14H,7-10,17H2,1H3;1H. The van der Waals surface area contributed by atoms with Crippen LogP contribution in [0.25, 0.3) is 5.69 Å². The molecule has 2 atom stereocenters. The topological polar surface area (TPSA) is 77.0 Å². The predicted octanol–water partition coefficient (Wildman–Crippen LogP) is 1.89. The Morgan fingerprint density at radius 2 is 2.09 bits per heavy atom. The molecule has 6 nitrogen and oxygen atoms in total. The molecule has 1 amide bonds. The van der Waals surface area contributed by atoms with Crippen molar-refractivity contribution < 1.29 is 4.79 Å². The summed E-state index contributed by atoms with van der Waals surface area (Å²) in [6.45, 7) is 3.43. The molecule has 1 aromatic carbocycles. The lowest BCUT2D eigenvalue weighted by atomic mass is 9.92. The van der Waals surface area contributed by atoms with Gasteiger partial charge in [-0.1, -0.05) is 25.1 Å². The molecule has 2 heterocycles. The van der Waals surface area contributed by atoms with E-state index in [1.807, 2.05) is 35.2 Å². The summed E-state index contributed by atoms with van der Waals surface area (Å²) in [6, 6.07) is 9.66. The lowest BCUT2D eigenvalue weighted by molar-refractivity contribution is 0.0567. The van der Waals surface area contributed by atoms with Crippen LogP contribution >= 0.6 is 12.4 Å². The maximum atomic E-state index is 12.7. The van der Waals surface area contributed by atoms with Crippen LogP contribution in [-0.4, -0.2) is 44.9 Å². The van der Waals surface area contributed by atoms with Crippen LogP contribution < -0.4 is 5.73 Å². The van der Waals surface area contributed by atoms with E-state index in [2.05, 4.69) is 17.1 Å². The zero-order chi connectivity index (χ0) is 15.5. The molecule has 0 saturated carbocycles. The van der Waals surface area contributed by atoms with Gasteiger partial charge in [0, 0.05) is 19.1 Å². The Morgan fingerprint density at radius 3 is 2.78 bits per heavy atom. The van der Waals surface area contributed by atoms with E-state index in [1.54, 1.807) is 0 Å². The fraction of sp³-hybridized carbons (Fsp3) is 0.438. The number of para-hydroxylation sites is 1. The summed E-state index contributed by atoms with van der Waals surface area (Å²) in [5.74, 6) is 0.530. The van der Waals surface area contributed by atoms with Crippen molar-refractivity contribution in [3.05, 3.63) is 42.2 Å². The number of rotatable bonds is 3. The molecule has 3 rings (SSSR count). The number of carbonyl (C=O) groups is 1. The van der Waals surface area contributed by atoms with E-state index in [0.717, 1.165) is 25.1 Å². The Morgan fingerprint density at radius 1 is 1.35 bits per heavy atom. The minimum absolute atomic E-state index is 0. The predicted molar refractivity (Wildman–Crippen MR) is 90.9 cm³/mol. The van der Waals surface area contributed by atoms with Gasteiger partial charge in [0.1, 0.15) is 0 Å². The van der Waals surface area contributed by atoms with Gasteiger partial charge in [0.2, 0.25) is 0 Å². The smallest absolute Gasteiger partial charge is 0.276 e. The van der Waals surface area contributed by atoms with E-state index in [4.69, 9.17) is 5.73 Å². The Hall–Kier alpha value is -1.92. The first-order valence-corrected chi connectivity index (χ1v) is 7.68. The van der Waals surface area contributed by atoms with Gasteiger partial charge in [0.25, 0.3) is 5.91 Å². The molecule has 23 heavy (non-hydrogen) atoms. The molecule has 1 aromatic heterocycles. The zero-order valence-corrected chi connectivity index (χ0v) is 13.9. The molecule has 1 aliphatic heterocycles. The van der Waals surface area contributed by atoms with Crippen LogP contribution in [-0.2, 0) is 0 Å². The number of hydrogen-bond acceptors (Lipinski definition) is 4. The van der Waals surface area contributed by atoms with Crippen LogP contribution in [0, 0.1) is 5.92 Å². The average Bonchev–Trinajstić information content (AvgIpc) is 3.05. The van der Waals surface area contributed by atoms with Crippen molar-refractivity contribution in [2.75, 3.05) is 13.1 Å². The van der Waals surface area contributed by atoms with E-state index in [9.17, 15) is 4.79 Å². The number of nitrogens with zero attached hydrogens (tertiary/aromatic N) is 4. The van der Waals surface area contributed by atoms with Gasteiger partial charge in [-0.25, -0.2) is 0 Å². The number of amides is 1. The summed E-state index contributed by atoms with van der Waals surface area (Å²) < 4.78 is 0. The molecule has 1 saturated heterocycles. The van der Waals surface area contributed by atoms with E-state index < -0.39 is 0 Å². The Labute approximate surface area is 142 Å². The van der Waals surface area contributed by atoms with Crippen molar-refractivity contribution in [3.8, 4) is 5.69 Å². The van der Waals surface area contributed by atoms with E-state index in [-0.39, 0.29) is 24.4 Å². The fourth-order valence-corrected chi connectivity index (χ4v) is 2.94. The second kappa shape index (κ2) is 7.57. The minimum atomic E-state index is -0.0791. The van der Waals surface area contributed by atoms with Crippen LogP contribution in [0.2, 0.25) is 0 Å². The molecule has 0 bridgehead atoms. The van der Waals surface area contributed by atoms with Crippen molar-refractivity contribution in [1.29, 1.82) is 0 Å². The molecule has 2 aromatic rings. The molecule has 0 aliphatic carbocycles. The van der Waals surface area contributed by atoms with Gasteiger partial charge in [-0.15, -0.1) is 17.5 Å². The van der Waals surface area contributed by atoms with Gasteiger partial charge < -0.3 is 10.6 Å². The second-order valence-corrected chi connectivity index (χ2v) is 5.87. The number of likely N-dealkylation sites (tertiary alicyclic amines) is 1. The number of piperidine rings is 1. The number of carbonyl (C=O) groups excluding carboxylic acids is 1. The van der Waals surface area contributed by atoms with E-state index in [0.29, 0.717) is 18.2 Å². The number of benzene rings is 1. The SMILES string of the molecule is CC1CCN(C(=O)c2cnn(-c3ccccc3)n2)C(CN)C1.Cl. The first-order chi connectivity index (χ1) is 10.7. The van der Waals surface area contributed by atoms with Gasteiger partial charge in [-0.3, -0.25) is 4.79 Å². The highest BCUT2D eigenvalue weighted by atomic mass is 35.5. The number of nitrogens with two attached hydrogens (primary N) is 1. The van der Waals surface area contributed by atoms with Gasteiger partial charge in [0.15, 0.2) is 5.69 Å². The third kappa shape index (κ3) is 3.71. The fourth-order valence-electron chi connectivity index (χ4n) is 2.94.